The molecule has 0 fully saturated rings. The number of aromatic nitrogens is 1. The number of aromatic amines is 1. The maximum atomic E-state index is 11.7. The van der Waals surface area contributed by atoms with Crippen LogP contribution in [-0.2, 0) is 11.2 Å². The summed E-state index contributed by atoms with van der Waals surface area (Å²) in [6.07, 6.45) is 2.93. The van der Waals surface area contributed by atoms with Gasteiger partial charge in [0.05, 0.1) is 0 Å². The number of rotatable bonds is 8. The van der Waals surface area contributed by atoms with Gasteiger partial charge in [-0.15, -0.1) is 0 Å². The molecule has 0 bridgehead atoms. The standard InChI is InChI=1S/C18H27N5OS/c1-23(2)17(24)13-21-18(20-10-11-25-3)19-9-8-15-12-14-6-4-5-7-16(14)22-15/h4-7,12,22H,8-11,13H2,1-3H3,(H2,19,20,21). The number of amides is 1. The van der Waals surface area contributed by atoms with Crippen molar-refractivity contribution in [3.63, 3.8) is 0 Å². The summed E-state index contributed by atoms with van der Waals surface area (Å²) in [4.78, 5) is 21.1. The minimum absolute atomic E-state index is 0.0124. The van der Waals surface area contributed by atoms with Gasteiger partial charge in [0.1, 0.15) is 6.54 Å². The number of carbonyl (C=O) groups excluding carboxylic acids is 1. The van der Waals surface area contributed by atoms with Crippen LogP contribution in [0.5, 0.6) is 0 Å². The van der Waals surface area contributed by atoms with Crippen LogP contribution in [0.1, 0.15) is 5.69 Å². The van der Waals surface area contributed by atoms with E-state index in [1.165, 1.54) is 11.1 Å². The summed E-state index contributed by atoms with van der Waals surface area (Å²) in [7, 11) is 3.48. The van der Waals surface area contributed by atoms with Gasteiger partial charge in [-0.25, -0.2) is 4.99 Å². The lowest BCUT2D eigenvalue weighted by Gasteiger charge is -2.13. The number of benzene rings is 1. The van der Waals surface area contributed by atoms with Gasteiger partial charge in [0.25, 0.3) is 0 Å². The van der Waals surface area contributed by atoms with E-state index in [1.807, 2.05) is 12.1 Å². The van der Waals surface area contributed by atoms with Crippen molar-refractivity contribution in [2.24, 2.45) is 4.99 Å². The fourth-order valence-corrected chi connectivity index (χ4v) is 2.62. The first kappa shape index (κ1) is 19.2. The normalized spacial score (nSPS) is 11.6. The number of nitrogens with zero attached hydrogens (tertiary/aromatic N) is 2. The lowest BCUT2D eigenvalue weighted by atomic mass is 10.2. The van der Waals surface area contributed by atoms with Gasteiger partial charge >= 0.3 is 0 Å². The topological polar surface area (TPSA) is 72.5 Å². The first-order valence-electron chi connectivity index (χ1n) is 8.38. The lowest BCUT2D eigenvalue weighted by Crippen LogP contribution is -2.40. The Morgan fingerprint density at radius 3 is 2.72 bits per heavy atom. The second kappa shape index (κ2) is 9.98. The molecule has 25 heavy (non-hydrogen) atoms. The Labute approximate surface area is 153 Å². The summed E-state index contributed by atoms with van der Waals surface area (Å²) in [6, 6.07) is 10.4. The Morgan fingerprint density at radius 1 is 1.24 bits per heavy atom. The van der Waals surface area contributed by atoms with Gasteiger partial charge in [0, 0.05) is 50.6 Å². The van der Waals surface area contributed by atoms with E-state index in [9.17, 15) is 4.79 Å². The maximum absolute atomic E-state index is 11.7. The summed E-state index contributed by atoms with van der Waals surface area (Å²) < 4.78 is 0. The zero-order valence-corrected chi connectivity index (χ0v) is 15.9. The molecule has 1 aromatic heterocycles. The molecular weight excluding hydrogens is 334 g/mol. The van der Waals surface area contributed by atoms with Crippen LogP contribution < -0.4 is 10.6 Å². The van der Waals surface area contributed by atoms with E-state index < -0.39 is 0 Å². The number of likely N-dealkylation sites (N-methyl/N-ethyl adjacent to an activating group) is 1. The summed E-state index contributed by atoms with van der Waals surface area (Å²) in [5.41, 5.74) is 2.34. The van der Waals surface area contributed by atoms with E-state index in [0.717, 1.165) is 30.8 Å². The highest BCUT2D eigenvalue weighted by molar-refractivity contribution is 7.98. The fraction of sp³-hybridized carbons (Fsp3) is 0.444. The Balaban J connectivity index is 1.88. The zero-order valence-electron chi connectivity index (χ0n) is 15.1. The number of carbonyl (C=O) groups is 1. The van der Waals surface area contributed by atoms with E-state index in [0.29, 0.717) is 5.96 Å². The second-order valence-corrected chi connectivity index (χ2v) is 6.92. The third kappa shape index (κ3) is 6.34. The highest BCUT2D eigenvalue weighted by Crippen LogP contribution is 2.14. The van der Waals surface area contributed by atoms with E-state index >= 15 is 0 Å². The van der Waals surface area contributed by atoms with Gasteiger partial charge in [-0.3, -0.25) is 4.79 Å². The second-order valence-electron chi connectivity index (χ2n) is 5.93. The van der Waals surface area contributed by atoms with Crippen molar-refractivity contribution in [3.05, 3.63) is 36.0 Å². The molecular formula is C18H27N5OS. The average molecular weight is 362 g/mol. The number of aliphatic imine (C=N–C) groups is 1. The van der Waals surface area contributed by atoms with Crippen molar-refractivity contribution in [3.8, 4) is 0 Å². The summed E-state index contributed by atoms with van der Waals surface area (Å²) in [5, 5.41) is 7.79. The molecule has 7 heteroatoms. The predicted octanol–water partition coefficient (Wildman–Crippen LogP) is 1.70. The molecule has 0 atom stereocenters. The van der Waals surface area contributed by atoms with Gasteiger partial charge in [-0.05, 0) is 23.8 Å². The minimum Gasteiger partial charge on any atom is -0.358 e. The number of fused-ring (bicyclic) bond motifs is 1. The average Bonchev–Trinajstić information content (AvgIpc) is 3.01. The number of H-pyrrole nitrogens is 1. The van der Waals surface area contributed by atoms with Crippen molar-refractivity contribution in [1.82, 2.24) is 20.5 Å². The Bertz CT molecular complexity index is 677. The van der Waals surface area contributed by atoms with Crippen molar-refractivity contribution >= 4 is 34.5 Å². The van der Waals surface area contributed by atoms with Crippen molar-refractivity contribution in [2.45, 2.75) is 6.42 Å². The zero-order chi connectivity index (χ0) is 18.1. The largest absolute Gasteiger partial charge is 0.358 e. The monoisotopic (exact) mass is 361 g/mol. The Hall–Kier alpha value is -2.15. The molecule has 1 heterocycles. The molecule has 0 aliphatic carbocycles. The van der Waals surface area contributed by atoms with Crippen LogP contribution in [0, 0.1) is 0 Å². The molecule has 2 aromatic rings. The summed E-state index contributed by atoms with van der Waals surface area (Å²) in [6.45, 7) is 1.71. The number of para-hydroxylation sites is 1. The number of thioether (sulfide) groups is 1. The highest BCUT2D eigenvalue weighted by Gasteiger charge is 2.05. The van der Waals surface area contributed by atoms with Crippen LogP contribution in [0.2, 0.25) is 0 Å². The predicted molar refractivity (Wildman–Crippen MR) is 107 cm³/mol. The summed E-state index contributed by atoms with van der Waals surface area (Å²) in [5.74, 6) is 1.66. The highest BCUT2D eigenvalue weighted by atomic mass is 32.2. The Morgan fingerprint density at radius 2 is 2.00 bits per heavy atom. The molecule has 0 saturated carbocycles. The van der Waals surface area contributed by atoms with Gasteiger partial charge in [0.2, 0.25) is 5.91 Å². The molecule has 6 nitrogen and oxygen atoms in total. The van der Waals surface area contributed by atoms with Crippen LogP contribution in [0.25, 0.3) is 10.9 Å². The summed E-state index contributed by atoms with van der Waals surface area (Å²) >= 11 is 1.77. The fourth-order valence-electron chi connectivity index (χ4n) is 2.32. The minimum atomic E-state index is -0.0124. The molecule has 0 spiro atoms. The van der Waals surface area contributed by atoms with Gasteiger partial charge < -0.3 is 20.5 Å². The molecule has 3 N–H and O–H groups in total. The first-order chi connectivity index (χ1) is 12.1. The van der Waals surface area contributed by atoms with E-state index in [2.05, 4.69) is 45.1 Å². The van der Waals surface area contributed by atoms with Crippen LogP contribution in [0.3, 0.4) is 0 Å². The molecule has 2 rings (SSSR count). The quantitative estimate of drug-likeness (QED) is 0.380. The molecule has 0 saturated heterocycles. The van der Waals surface area contributed by atoms with Crippen molar-refractivity contribution in [2.75, 3.05) is 45.7 Å². The van der Waals surface area contributed by atoms with Crippen LogP contribution in [0.15, 0.2) is 35.3 Å². The van der Waals surface area contributed by atoms with Crippen LogP contribution in [0.4, 0.5) is 0 Å². The first-order valence-corrected chi connectivity index (χ1v) is 9.77. The number of guanidine groups is 1. The molecule has 1 amide bonds. The van der Waals surface area contributed by atoms with Crippen molar-refractivity contribution in [1.29, 1.82) is 0 Å². The van der Waals surface area contributed by atoms with Crippen LogP contribution in [-0.4, -0.2) is 67.5 Å². The van der Waals surface area contributed by atoms with Crippen molar-refractivity contribution < 1.29 is 4.79 Å². The maximum Gasteiger partial charge on any atom is 0.243 e. The SMILES string of the molecule is CSCCNC(=NCC(=O)N(C)C)NCCc1cc2ccccc2[nH]1. The lowest BCUT2D eigenvalue weighted by molar-refractivity contribution is -0.127. The molecule has 0 aliphatic rings. The van der Waals surface area contributed by atoms with E-state index in [-0.39, 0.29) is 12.5 Å². The van der Waals surface area contributed by atoms with Gasteiger partial charge in [-0.2, -0.15) is 11.8 Å². The Kier molecular flexibility index (Phi) is 7.66. The van der Waals surface area contributed by atoms with E-state index in [4.69, 9.17) is 0 Å². The van der Waals surface area contributed by atoms with Gasteiger partial charge in [-0.1, -0.05) is 18.2 Å². The smallest absolute Gasteiger partial charge is 0.243 e. The molecule has 0 radical (unpaired) electrons. The number of hydrogen-bond donors (Lipinski definition) is 3. The molecule has 0 aliphatic heterocycles. The number of hydrogen-bond acceptors (Lipinski definition) is 3. The number of nitrogens with one attached hydrogen (secondary N) is 3. The molecule has 1 aromatic carbocycles. The van der Waals surface area contributed by atoms with E-state index in [1.54, 1.807) is 30.8 Å². The molecule has 136 valence electrons. The van der Waals surface area contributed by atoms with Crippen LogP contribution >= 0.6 is 11.8 Å². The molecule has 0 unspecified atom stereocenters. The van der Waals surface area contributed by atoms with Gasteiger partial charge in [0.15, 0.2) is 5.96 Å². The third-order valence-corrected chi connectivity index (χ3v) is 4.35. The third-order valence-electron chi connectivity index (χ3n) is 3.74.